The van der Waals surface area contributed by atoms with E-state index in [1.54, 1.807) is 26.4 Å². The second kappa shape index (κ2) is 7.16. The molecule has 114 valence electrons. The zero-order valence-electron chi connectivity index (χ0n) is 13.0. The number of carbonyl (C=O) groups is 1. The van der Waals surface area contributed by atoms with Crippen molar-refractivity contribution < 1.29 is 14.3 Å². The second-order valence-corrected chi connectivity index (χ2v) is 5.32. The largest absolute Gasteiger partial charge is 0.497 e. The molecule has 1 aliphatic heterocycles. The Bertz CT molecular complexity index is 525. The highest BCUT2D eigenvalue weighted by molar-refractivity contribution is 5.92. The van der Waals surface area contributed by atoms with E-state index in [1.165, 1.54) is 6.42 Å². The average Bonchev–Trinajstić information content (AvgIpc) is 2.52. The minimum absolute atomic E-state index is 0.0621. The summed E-state index contributed by atoms with van der Waals surface area (Å²) in [6.07, 6.45) is 6.80. The standard InChI is InChI=1S/C17H23NO3/c1-13-6-4-5-11-18(13)17(19)10-7-14-12-15(20-2)8-9-16(14)21-3/h7-10,12-13H,4-6,11H2,1-3H3. The maximum atomic E-state index is 12.3. The van der Waals surface area contributed by atoms with Crippen LogP contribution in [0.15, 0.2) is 24.3 Å². The van der Waals surface area contributed by atoms with Crippen molar-refractivity contribution in [1.82, 2.24) is 4.90 Å². The van der Waals surface area contributed by atoms with Gasteiger partial charge in [0, 0.05) is 24.2 Å². The Kier molecular flexibility index (Phi) is 5.26. The van der Waals surface area contributed by atoms with Gasteiger partial charge in [-0.25, -0.2) is 0 Å². The summed E-state index contributed by atoms with van der Waals surface area (Å²) >= 11 is 0. The fraction of sp³-hybridized carbons (Fsp3) is 0.471. The van der Waals surface area contributed by atoms with E-state index in [9.17, 15) is 4.79 Å². The van der Waals surface area contributed by atoms with Gasteiger partial charge in [0.05, 0.1) is 14.2 Å². The molecule has 0 radical (unpaired) electrons. The molecule has 1 aliphatic rings. The number of carbonyl (C=O) groups excluding carboxylic acids is 1. The Morgan fingerprint density at radius 3 is 2.76 bits per heavy atom. The summed E-state index contributed by atoms with van der Waals surface area (Å²) in [5, 5.41) is 0. The van der Waals surface area contributed by atoms with Gasteiger partial charge in [0.15, 0.2) is 0 Å². The minimum atomic E-state index is 0.0621. The van der Waals surface area contributed by atoms with E-state index in [-0.39, 0.29) is 5.91 Å². The number of benzene rings is 1. The maximum absolute atomic E-state index is 12.3. The first-order chi connectivity index (χ1) is 10.2. The number of rotatable bonds is 4. The molecule has 0 N–H and O–H groups in total. The highest BCUT2D eigenvalue weighted by atomic mass is 16.5. The molecule has 1 fully saturated rings. The Balaban J connectivity index is 2.14. The summed E-state index contributed by atoms with van der Waals surface area (Å²) in [6, 6.07) is 5.86. The first-order valence-electron chi connectivity index (χ1n) is 7.36. The third-order valence-electron chi connectivity index (χ3n) is 3.93. The molecule has 4 heteroatoms. The maximum Gasteiger partial charge on any atom is 0.246 e. The zero-order chi connectivity index (χ0) is 15.2. The summed E-state index contributed by atoms with van der Waals surface area (Å²) in [4.78, 5) is 14.2. The molecule has 1 unspecified atom stereocenters. The molecule has 1 heterocycles. The van der Waals surface area contributed by atoms with Crippen molar-refractivity contribution in [3.05, 3.63) is 29.8 Å². The van der Waals surface area contributed by atoms with E-state index in [1.807, 2.05) is 23.1 Å². The van der Waals surface area contributed by atoms with Crippen molar-refractivity contribution in [3.8, 4) is 11.5 Å². The van der Waals surface area contributed by atoms with E-state index in [4.69, 9.17) is 9.47 Å². The number of piperidine rings is 1. The first-order valence-corrected chi connectivity index (χ1v) is 7.36. The number of likely N-dealkylation sites (tertiary alicyclic amines) is 1. The molecular formula is C17H23NO3. The van der Waals surface area contributed by atoms with Gasteiger partial charge in [0.25, 0.3) is 0 Å². The van der Waals surface area contributed by atoms with Gasteiger partial charge < -0.3 is 14.4 Å². The monoisotopic (exact) mass is 289 g/mol. The van der Waals surface area contributed by atoms with Gasteiger partial charge in [-0.3, -0.25) is 4.79 Å². The molecule has 21 heavy (non-hydrogen) atoms. The molecule has 0 aromatic heterocycles. The van der Waals surface area contributed by atoms with Crippen LogP contribution in [0.2, 0.25) is 0 Å². The predicted molar refractivity (Wildman–Crippen MR) is 83.6 cm³/mol. The number of methoxy groups -OCH3 is 2. The smallest absolute Gasteiger partial charge is 0.246 e. The molecular weight excluding hydrogens is 266 g/mol. The van der Waals surface area contributed by atoms with Crippen LogP contribution in [0.1, 0.15) is 31.7 Å². The van der Waals surface area contributed by atoms with Crippen LogP contribution in [0.5, 0.6) is 11.5 Å². The molecule has 0 saturated carbocycles. The highest BCUT2D eigenvalue weighted by Gasteiger charge is 2.21. The molecule has 1 aromatic carbocycles. The zero-order valence-corrected chi connectivity index (χ0v) is 13.0. The molecule has 0 aliphatic carbocycles. The molecule has 1 atom stereocenters. The fourth-order valence-electron chi connectivity index (χ4n) is 2.65. The SMILES string of the molecule is COc1ccc(OC)c(C=CC(=O)N2CCCCC2C)c1. The van der Waals surface area contributed by atoms with Gasteiger partial charge in [-0.15, -0.1) is 0 Å². The van der Waals surface area contributed by atoms with E-state index in [0.717, 1.165) is 36.4 Å². The third-order valence-corrected chi connectivity index (χ3v) is 3.93. The van der Waals surface area contributed by atoms with Crippen LogP contribution in [-0.4, -0.2) is 37.6 Å². The van der Waals surface area contributed by atoms with Crippen molar-refractivity contribution in [1.29, 1.82) is 0 Å². The fourth-order valence-corrected chi connectivity index (χ4v) is 2.65. The summed E-state index contributed by atoms with van der Waals surface area (Å²) in [5.74, 6) is 1.54. The number of hydrogen-bond acceptors (Lipinski definition) is 3. The lowest BCUT2D eigenvalue weighted by Crippen LogP contribution is -2.41. The number of hydrogen-bond donors (Lipinski definition) is 0. The van der Waals surface area contributed by atoms with E-state index >= 15 is 0 Å². The number of nitrogens with zero attached hydrogens (tertiary/aromatic N) is 1. The predicted octanol–water partition coefficient (Wildman–Crippen LogP) is 3.12. The van der Waals surface area contributed by atoms with Crippen LogP contribution in [-0.2, 0) is 4.79 Å². The molecule has 1 saturated heterocycles. The van der Waals surface area contributed by atoms with E-state index in [0.29, 0.717) is 6.04 Å². The lowest BCUT2D eigenvalue weighted by atomic mass is 10.0. The molecule has 2 rings (SSSR count). The normalized spacial score (nSPS) is 18.8. The van der Waals surface area contributed by atoms with Crippen LogP contribution in [0, 0.1) is 0 Å². The summed E-state index contributed by atoms with van der Waals surface area (Å²) in [6.45, 7) is 2.95. The molecule has 4 nitrogen and oxygen atoms in total. The van der Waals surface area contributed by atoms with Gasteiger partial charge in [0.2, 0.25) is 5.91 Å². The van der Waals surface area contributed by atoms with Crippen molar-refractivity contribution >= 4 is 12.0 Å². The quantitative estimate of drug-likeness (QED) is 0.799. The van der Waals surface area contributed by atoms with Gasteiger partial charge in [0.1, 0.15) is 11.5 Å². The van der Waals surface area contributed by atoms with Crippen molar-refractivity contribution in [2.24, 2.45) is 0 Å². The van der Waals surface area contributed by atoms with Gasteiger partial charge in [-0.05, 0) is 50.5 Å². The minimum Gasteiger partial charge on any atom is -0.497 e. The average molecular weight is 289 g/mol. The Labute approximate surface area is 126 Å². The van der Waals surface area contributed by atoms with Crippen LogP contribution < -0.4 is 9.47 Å². The Hall–Kier alpha value is -1.97. The van der Waals surface area contributed by atoms with Crippen LogP contribution in [0.25, 0.3) is 6.08 Å². The third kappa shape index (κ3) is 3.78. The topological polar surface area (TPSA) is 38.8 Å². The number of amides is 1. The van der Waals surface area contributed by atoms with Gasteiger partial charge >= 0.3 is 0 Å². The molecule has 1 amide bonds. The van der Waals surface area contributed by atoms with Crippen molar-refractivity contribution in [3.63, 3.8) is 0 Å². The van der Waals surface area contributed by atoms with Crippen LogP contribution >= 0.6 is 0 Å². The summed E-state index contributed by atoms with van der Waals surface area (Å²) in [7, 11) is 3.24. The molecule has 1 aromatic rings. The van der Waals surface area contributed by atoms with Gasteiger partial charge in [-0.1, -0.05) is 0 Å². The van der Waals surface area contributed by atoms with Crippen molar-refractivity contribution in [2.75, 3.05) is 20.8 Å². The number of ether oxygens (including phenoxy) is 2. The Morgan fingerprint density at radius 2 is 2.10 bits per heavy atom. The lowest BCUT2D eigenvalue weighted by molar-refractivity contribution is -0.129. The van der Waals surface area contributed by atoms with Crippen LogP contribution in [0.4, 0.5) is 0 Å². The van der Waals surface area contributed by atoms with Crippen molar-refractivity contribution in [2.45, 2.75) is 32.2 Å². The van der Waals surface area contributed by atoms with E-state index < -0.39 is 0 Å². The molecule has 0 spiro atoms. The summed E-state index contributed by atoms with van der Waals surface area (Å²) < 4.78 is 10.5. The van der Waals surface area contributed by atoms with Crippen LogP contribution in [0.3, 0.4) is 0 Å². The highest BCUT2D eigenvalue weighted by Crippen LogP contribution is 2.25. The Morgan fingerprint density at radius 1 is 1.29 bits per heavy atom. The van der Waals surface area contributed by atoms with E-state index in [2.05, 4.69) is 6.92 Å². The van der Waals surface area contributed by atoms with Gasteiger partial charge in [-0.2, -0.15) is 0 Å². The second-order valence-electron chi connectivity index (χ2n) is 5.32. The first kappa shape index (κ1) is 15.4. The lowest BCUT2D eigenvalue weighted by Gasteiger charge is -2.32. The molecule has 0 bridgehead atoms. The summed E-state index contributed by atoms with van der Waals surface area (Å²) in [5.41, 5.74) is 0.842.